The maximum Gasteiger partial charge on any atom is 0.352 e. The minimum absolute atomic E-state index is 0.190. The molecule has 0 aliphatic rings. The summed E-state index contributed by atoms with van der Waals surface area (Å²) in [5.41, 5.74) is 1.46. The summed E-state index contributed by atoms with van der Waals surface area (Å²) in [6.45, 7) is -0.190. The average Bonchev–Trinajstić information content (AvgIpc) is 3.20. The number of aromatic nitrogens is 4. The summed E-state index contributed by atoms with van der Waals surface area (Å²) >= 11 is 1.45. The maximum absolute atomic E-state index is 12.4. The molecule has 25 heavy (non-hydrogen) atoms. The third kappa shape index (κ3) is 2.74. The minimum Gasteiger partial charge on any atom is -0.497 e. The molecule has 0 saturated heterocycles. The fraction of sp³-hybridized carbons (Fsp3) is 0.125. The molecule has 0 radical (unpaired) electrons. The van der Waals surface area contributed by atoms with Crippen LogP contribution in [0.15, 0.2) is 46.8 Å². The lowest BCUT2D eigenvalue weighted by molar-refractivity contribution is -0.117. The second kappa shape index (κ2) is 6.02. The first kappa shape index (κ1) is 15.3. The van der Waals surface area contributed by atoms with Crippen molar-refractivity contribution in [2.75, 3.05) is 12.4 Å². The fourth-order valence-corrected chi connectivity index (χ4v) is 3.33. The molecule has 0 bridgehead atoms. The van der Waals surface area contributed by atoms with E-state index in [-0.39, 0.29) is 12.5 Å². The Kier molecular flexibility index (Phi) is 3.69. The third-order valence-electron chi connectivity index (χ3n) is 3.68. The number of anilines is 1. The van der Waals surface area contributed by atoms with Crippen molar-refractivity contribution in [3.63, 3.8) is 0 Å². The van der Waals surface area contributed by atoms with Gasteiger partial charge in [-0.25, -0.2) is 18.9 Å². The highest BCUT2D eigenvalue weighted by atomic mass is 32.1. The van der Waals surface area contributed by atoms with Gasteiger partial charge in [-0.15, -0.1) is 16.4 Å². The van der Waals surface area contributed by atoms with Crippen LogP contribution in [0.25, 0.3) is 15.9 Å². The van der Waals surface area contributed by atoms with Gasteiger partial charge in [-0.1, -0.05) is 6.07 Å². The highest BCUT2D eigenvalue weighted by Gasteiger charge is 2.14. The molecule has 0 atom stereocenters. The van der Waals surface area contributed by atoms with Gasteiger partial charge in [0.15, 0.2) is 5.65 Å². The molecule has 0 fully saturated rings. The first-order valence-electron chi connectivity index (χ1n) is 7.41. The topological polar surface area (TPSA) is 90.5 Å². The van der Waals surface area contributed by atoms with Crippen LogP contribution in [0.5, 0.6) is 5.75 Å². The standard InChI is InChI=1S/C16H13N5O3S/c1-24-11-4-2-3-10(7-11)18-13(22)8-21-16(23)20-9-17-12-5-6-25-14(12)15(20)19-21/h2-7,9H,8H2,1H3,(H,18,22). The van der Waals surface area contributed by atoms with Gasteiger partial charge in [-0.05, 0) is 23.6 Å². The predicted molar refractivity (Wildman–Crippen MR) is 94.3 cm³/mol. The molecule has 4 rings (SSSR count). The molecule has 9 heteroatoms. The first-order chi connectivity index (χ1) is 12.2. The largest absolute Gasteiger partial charge is 0.497 e. The number of ether oxygens (including phenoxy) is 1. The number of thiophene rings is 1. The highest BCUT2D eigenvalue weighted by Crippen LogP contribution is 2.21. The van der Waals surface area contributed by atoms with E-state index in [1.54, 1.807) is 31.4 Å². The Labute approximate surface area is 145 Å². The lowest BCUT2D eigenvalue weighted by atomic mass is 10.3. The number of fused-ring (bicyclic) bond motifs is 3. The van der Waals surface area contributed by atoms with Crippen molar-refractivity contribution in [2.45, 2.75) is 6.54 Å². The molecule has 126 valence electrons. The number of amides is 1. The summed E-state index contributed by atoms with van der Waals surface area (Å²) in [6.07, 6.45) is 1.43. The van der Waals surface area contributed by atoms with Crippen molar-refractivity contribution in [2.24, 2.45) is 0 Å². The molecular formula is C16H13N5O3S. The summed E-state index contributed by atoms with van der Waals surface area (Å²) in [5.74, 6) is 0.281. The van der Waals surface area contributed by atoms with E-state index in [0.717, 1.165) is 14.9 Å². The van der Waals surface area contributed by atoms with Gasteiger partial charge in [0.25, 0.3) is 0 Å². The Hall–Kier alpha value is -3.20. The van der Waals surface area contributed by atoms with Crippen LogP contribution in [0.4, 0.5) is 5.69 Å². The van der Waals surface area contributed by atoms with E-state index in [1.165, 1.54) is 22.1 Å². The Morgan fingerprint density at radius 3 is 3.08 bits per heavy atom. The summed E-state index contributed by atoms with van der Waals surface area (Å²) in [5, 5.41) is 8.89. The van der Waals surface area contributed by atoms with Crippen LogP contribution in [0.1, 0.15) is 0 Å². The molecule has 1 N–H and O–H groups in total. The molecule has 0 aliphatic heterocycles. The zero-order chi connectivity index (χ0) is 17.4. The van der Waals surface area contributed by atoms with Gasteiger partial charge >= 0.3 is 5.69 Å². The molecule has 1 amide bonds. The Bertz CT molecular complexity index is 1140. The smallest absolute Gasteiger partial charge is 0.352 e. The monoisotopic (exact) mass is 355 g/mol. The second-order valence-electron chi connectivity index (χ2n) is 5.29. The van der Waals surface area contributed by atoms with Crippen LogP contribution in [-0.2, 0) is 11.3 Å². The number of hydrogen-bond acceptors (Lipinski definition) is 6. The number of carbonyl (C=O) groups is 1. The Morgan fingerprint density at radius 2 is 2.24 bits per heavy atom. The van der Waals surface area contributed by atoms with E-state index in [9.17, 15) is 9.59 Å². The van der Waals surface area contributed by atoms with Gasteiger partial charge in [0.2, 0.25) is 5.91 Å². The summed E-state index contributed by atoms with van der Waals surface area (Å²) in [4.78, 5) is 28.9. The minimum atomic E-state index is -0.404. The Morgan fingerprint density at radius 1 is 1.36 bits per heavy atom. The van der Waals surface area contributed by atoms with Crippen LogP contribution in [0.2, 0.25) is 0 Å². The number of nitrogens with one attached hydrogen (secondary N) is 1. The van der Waals surface area contributed by atoms with E-state index < -0.39 is 5.69 Å². The van der Waals surface area contributed by atoms with Crippen molar-refractivity contribution < 1.29 is 9.53 Å². The van der Waals surface area contributed by atoms with Gasteiger partial charge in [-0.2, -0.15) is 0 Å². The van der Waals surface area contributed by atoms with E-state index >= 15 is 0 Å². The number of methoxy groups -OCH3 is 1. The number of benzene rings is 1. The van der Waals surface area contributed by atoms with Gasteiger partial charge in [0, 0.05) is 11.8 Å². The van der Waals surface area contributed by atoms with Crippen LogP contribution >= 0.6 is 11.3 Å². The van der Waals surface area contributed by atoms with Crippen LogP contribution in [0, 0.1) is 0 Å². The van der Waals surface area contributed by atoms with Gasteiger partial charge in [0.1, 0.15) is 18.6 Å². The SMILES string of the molecule is COc1cccc(NC(=O)Cn2nc3c4sccc4ncn3c2=O)c1. The van der Waals surface area contributed by atoms with Crippen molar-refractivity contribution in [3.8, 4) is 5.75 Å². The van der Waals surface area contributed by atoms with Crippen LogP contribution < -0.4 is 15.7 Å². The molecule has 8 nitrogen and oxygen atoms in total. The second-order valence-corrected chi connectivity index (χ2v) is 6.21. The number of carbonyl (C=O) groups excluding carboxylic acids is 1. The molecular weight excluding hydrogens is 342 g/mol. The van der Waals surface area contributed by atoms with Gasteiger partial charge in [0.05, 0.1) is 17.3 Å². The highest BCUT2D eigenvalue weighted by molar-refractivity contribution is 7.17. The molecule has 3 heterocycles. The van der Waals surface area contributed by atoms with Gasteiger partial charge in [-0.3, -0.25) is 4.79 Å². The average molecular weight is 355 g/mol. The van der Waals surface area contributed by atoms with Crippen molar-refractivity contribution in [3.05, 3.63) is 52.5 Å². The predicted octanol–water partition coefficient (Wildman–Crippen LogP) is 1.75. The van der Waals surface area contributed by atoms with Gasteiger partial charge < -0.3 is 10.1 Å². The van der Waals surface area contributed by atoms with E-state index in [0.29, 0.717) is 17.1 Å². The van der Waals surface area contributed by atoms with E-state index in [1.807, 2.05) is 11.4 Å². The molecule has 0 aliphatic carbocycles. The molecule has 1 aromatic carbocycles. The quantitative estimate of drug-likeness (QED) is 0.602. The summed E-state index contributed by atoms with van der Waals surface area (Å²) in [6, 6.07) is 8.85. The lowest BCUT2D eigenvalue weighted by Crippen LogP contribution is -2.28. The first-order valence-corrected chi connectivity index (χ1v) is 8.29. The normalized spacial score (nSPS) is 11.1. The maximum atomic E-state index is 12.4. The number of nitrogens with zero attached hydrogens (tertiary/aromatic N) is 4. The van der Waals surface area contributed by atoms with E-state index in [4.69, 9.17) is 4.74 Å². The van der Waals surface area contributed by atoms with Crippen molar-refractivity contribution >= 4 is 38.8 Å². The third-order valence-corrected chi connectivity index (χ3v) is 4.58. The molecule has 0 spiro atoms. The van der Waals surface area contributed by atoms with Crippen molar-refractivity contribution in [1.29, 1.82) is 0 Å². The summed E-state index contributed by atoms with van der Waals surface area (Å²) in [7, 11) is 1.55. The number of rotatable bonds is 4. The molecule has 0 unspecified atom stereocenters. The summed E-state index contributed by atoms with van der Waals surface area (Å²) < 4.78 is 8.41. The zero-order valence-corrected chi connectivity index (χ0v) is 14.0. The molecule has 0 saturated carbocycles. The zero-order valence-electron chi connectivity index (χ0n) is 13.2. The van der Waals surface area contributed by atoms with Crippen LogP contribution in [-0.4, -0.2) is 32.2 Å². The van der Waals surface area contributed by atoms with Crippen LogP contribution in [0.3, 0.4) is 0 Å². The molecule has 3 aromatic heterocycles. The number of hydrogen-bond donors (Lipinski definition) is 1. The fourth-order valence-electron chi connectivity index (χ4n) is 2.51. The van der Waals surface area contributed by atoms with Crippen molar-refractivity contribution in [1.82, 2.24) is 19.2 Å². The Balaban J connectivity index is 1.62. The van der Waals surface area contributed by atoms with E-state index in [2.05, 4.69) is 15.4 Å². The molecule has 4 aromatic rings. The lowest BCUT2D eigenvalue weighted by Gasteiger charge is -2.06.